The van der Waals surface area contributed by atoms with Gasteiger partial charge in [-0.05, 0) is 13.2 Å². The number of hydrogen-bond acceptors (Lipinski definition) is 14. The molecule has 6 N–H and O–H groups in total. The van der Waals surface area contributed by atoms with Gasteiger partial charge in [-0.1, -0.05) is 21.6 Å². The third-order valence-corrected chi connectivity index (χ3v) is 10.1. The van der Waals surface area contributed by atoms with Gasteiger partial charge in [0.25, 0.3) is 0 Å². The number of aromatic nitrogens is 4. The van der Waals surface area contributed by atoms with Crippen molar-refractivity contribution in [1.29, 1.82) is 0 Å². The molecular formula is C13H22N5O12P3S2. The summed E-state index contributed by atoms with van der Waals surface area (Å²) >= 11 is 0. The molecule has 1 saturated heterocycles. The molecule has 0 spiro atoms. The van der Waals surface area contributed by atoms with Crippen LogP contribution in [-0.2, 0) is 36.3 Å². The van der Waals surface area contributed by atoms with Crippen molar-refractivity contribution in [2.75, 3.05) is 18.6 Å². The zero-order valence-corrected chi connectivity index (χ0v) is 22.3. The van der Waals surface area contributed by atoms with Crippen molar-refractivity contribution in [2.24, 2.45) is 0 Å². The number of rotatable bonds is 12. The molecule has 6 atom stereocenters. The molecule has 1 aliphatic rings. The van der Waals surface area contributed by atoms with E-state index in [0.29, 0.717) is 11.2 Å². The highest BCUT2D eigenvalue weighted by atomic mass is 33.1. The first-order valence-corrected chi connectivity index (χ1v) is 16.6. The largest absolute Gasteiger partial charge is 0.490 e. The number of ether oxygens (including phenoxy) is 2. The molecule has 17 nitrogen and oxygen atoms in total. The summed E-state index contributed by atoms with van der Waals surface area (Å²) in [7, 11) is -13.6. The Bertz CT molecular complexity index is 1180. The molecule has 0 bridgehead atoms. The summed E-state index contributed by atoms with van der Waals surface area (Å²) in [5, 5.41) is 0. The van der Waals surface area contributed by atoms with Crippen molar-refractivity contribution < 1.29 is 55.9 Å². The minimum absolute atomic E-state index is 0.161. The molecule has 0 aromatic carbocycles. The number of phosphoric ester groups is 1. The van der Waals surface area contributed by atoms with Crippen LogP contribution >= 0.6 is 45.1 Å². The van der Waals surface area contributed by atoms with Crippen LogP contribution in [0.2, 0.25) is 0 Å². The van der Waals surface area contributed by atoms with Crippen LogP contribution in [0.15, 0.2) is 12.7 Å². The second-order valence-electron chi connectivity index (χ2n) is 6.84. The molecule has 1 fully saturated rings. The number of hydrogen-bond donors (Lipinski definition) is 5. The first-order chi connectivity index (χ1) is 16.2. The first-order valence-electron chi connectivity index (χ1n) is 9.41. The second kappa shape index (κ2) is 11.4. The molecule has 2 unspecified atom stereocenters. The number of nitrogen functional groups attached to an aromatic ring is 1. The van der Waals surface area contributed by atoms with Gasteiger partial charge in [0, 0.05) is 6.42 Å². The van der Waals surface area contributed by atoms with Crippen molar-refractivity contribution in [3.05, 3.63) is 12.7 Å². The van der Waals surface area contributed by atoms with Gasteiger partial charge in [-0.2, -0.15) is 8.62 Å². The molecule has 0 aliphatic carbocycles. The lowest BCUT2D eigenvalue weighted by molar-refractivity contribution is -0.0617. The van der Waals surface area contributed by atoms with Gasteiger partial charge < -0.3 is 34.8 Å². The van der Waals surface area contributed by atoms with E-state index in [0.717, 1.165) is 0 Å². The van der Waals surface area contributed by atoms with Crippen LogP contribution in [0, 0.1) is 0 Å². The molecule has 1 aliphatic heterocycles. The van der Waals surface area contributed by atoms with E-state index in [1.807, 2.05) is 6.26 Å². The Morgan fingerprint density at radius 2 is 1.91 bits per heavy atom. The number of nitrogens with zero attached hydrogens (tertiary/aromatic N) is 4. The van der Waals surface area contributed by atoms with E-state index in [1.165, 1.54) is 34.2 Å². The highest BCUT2D eigenvalue weighted by Gasteiger charge is 2.44. The summed E-state index contributed by atoms with van der Waals surface area (Å²) < 4.78 is 60.1. The minimum Gasteiger partial charge on any atom is -0.382 e. The summed E-state index contributed by atoms with van der Waals surface area (Å²) in [6.45, 7) is 1.12. The van der Waals surface area contributed by atoms with Crippen LogP contribution in [0.5, 0.6) is 0 Å². The minimum atomic E-state index is -5.65. The van der Waals surface area contributed by atoms with E-state index in [1.54, 1.807) is 11.5 Å². The maximum Gasteiger partial charge on any atom is 0.490 e. The standard InChI is InChI=1S/C13H22N5O12P3S2/c1-7(35-34-2)27-8-3-10(18-6-17-11-12(14)15-5-16-13(11)18)28-9(8)4-26-32(22,23)30-33(24,25)29-31(19,20)21/h5-10H,3-4H2,1-2H3,(H,22,23)(H,24,25)(H2,14,15,16)(H2,19,20,21)/t7-,8+,9+,10+/m0/s1. The average Bonchev–Trinajstić information content (AvgIpc) is 3.28. The number of nitrogens with two attached hydrogens (primary N) is 1. The monoisotopic (exact) mass is 597 g/mol. The Morgan fingerprint density at radius 1 is 1.20 bits per heavy atom. The highest BCUT2D eigenvalue weighted by Crippen LogP contribution is 2.66. The van der Waals surface area contributed by atoms with Gasteiger partial charge in [-0.15, -0.1) is 0 Å². The van der Waals surface area contributed by atoms with Gasteiger partial charge in [0.15, 0.2) is 11.5 Å². The lowest BCUT2D eigenvalue weighted by Gasteiger charge is -2.23. The third-order valence-electron chi connectivity index (χ3n) is 4.29. The van der Waals surface area contributed by atoms with Gasteiger partial charge in [-0.25, -0.2) is 28.6 Å². The van der Waals surface area contributed by atoms with E-state index < -0.39 is 48.5 Å². The fourth-order valence-corrected chi connectivity index (χ4v) is 7.56. The van der Waals surface area contributed by atoms with Crippen LogP contribution in [0.1, 0.15) is 19.6 Å². The molecule has 3 heterocycles. The van der Waals surface area contributed by atoms with Crippen LogP contribution in [0.3, 0.4) is 0 Å². The van der Waals surface area contributed by atoms with E-state index in [2.05, 4.69) is 23.6 Å². The van der Waals surface area contributed by atoms with Gasteiger partial charge >= 0.3 is 23.5 Å². The second-order valence-corrected chi connectivity index (χ2v) is 14.0. The van der Waals surface area contributed by atoms with Gasteiger partial charge in [0.1, 0.15) is 29.6 Å². The summed E-state index contributed by atoms with van der Waals surface area (Å²) in [5.74, 6) is 0.161. The van der Waals surface area contributed by atoms with Crippen molar-refractivity contribution in [2.45, 2.75) is 37.2 Å². The SMILES string of the molecule is CSS[C@@H](C)O[C@@H]1C[C@H](n2cnc3c(N)ncnc32)O[C@@H]1COP(=O)(O)OP(=O)(O)OP(=O)(O)O. The van der Waals surface area contributed by atoms with Gasteiger partial charge in [0.05, 0.1) is 19.0 Å². The molecular weight excluding hydrogens is 575 g/mol. The Balaban J connectivity index is 1.75. The molecule has 0 saturated carbocycles. The van der Waals surface area contributed by atoms with Gasteiger partial charge in [-0.3, -0.25) is 9.09 Å². The molecule has 198 valence electrons. The molecule has 3 rings (SSSR count). The highest BCUT2D eigenvalue weighted by molar-refractivity contribution is 8.76. The summed E-state index contributed by atoms with van der Waals surface area (Å²) in [6.07, 6.45) is 2.40. The zero-order chi connectivity index (χ0) is 26.0. The van der Waals surface area contributed by atoms with Crippen molar-refractivity contribution in [3.8, 4) is 0 Å². The Labute approximate surface area is 205 Å². The van der Waals surface area contributed by atoms with E-state index in [9.17, 15) is 23.5 Å². The summed E-state index contributed by atoms with van der Waals surface area (Å²) in [4.78, 5) is 48.5. The predicted octanol–water partition coefficient (Wildman–Crippen LogP) is 1.78. The van der Waals surface area contributed by atoms with E-state index >= 15 is 0 Å². The smallest absolute Gasteiger partial charge is 0.382 e. The molecule has 35 heavy (non-hydrogen) atoms. The fourth-order valence-electron chi connectivity index (χ4n) is 3.12. The van der Waals surface area contributed by atoms with E-state index in [-0.39, 0.29) is 17.7 Å². The Morgan fingerprint density at radius 3 is 2.57 bits per heavy atom. The number of phosphoric acid groups is 3. The van der Waals surface area contributed by atoms with E-state index in [4.69, 9.17) is 29.5 Å². The van der Waals surface area contributed by atoms with Crippen molar-refractivity contribution in [1.82, 2.24) is 19.5 Å². The predicted molar refractivity (Wildman–Crippen MR) is 124 cm³/mol. The molecule has 2 aromatic heterocycles. The van der Waals surface area contributed by atoms with Crippen molar-refractivity contribution >= 4 is 62.0 Å². The fraction of sp³-hybridized carbons (Fsp3) is 0.615. The number of anilines is 1. The number of fused-ring (bicyclic) bond motifs is 1. The summed E-state index contributed by atoms with van der Waals surface area (Å²) in [6, 6.07) is 0. The van der Waals surface area contributed by atoms with Crippen LogP contribution in [-0.4, -0.2) is 69.6 Å². The normalized spacial score (nSPS) is 25.4. The molecule has 2 aromatic rings. The maximum absolute atomic E-state index is 12.1. The average molecular weight is 597 g/mol. The molecule has 0 amide bonds. The van der Waals surface area contributed by atoms with Crippen LogP contribution in [0.4, 0.5) is 5.82 Å². The van der Waals surface area contributed by atoms with Crippen LogP contribution in [0.25, 0.3) is 11.2 Å². The van der Waals surface area contributed by atoms with Crippen molar-refractivity contribution in [3.63, 3.8) is 0 Å². The lowest BCUT2D eigenvalue weighted by Crippen LogP contribution is -2.30. The Hall–Kier alpha value is -0.620. The third kappa shape index (κ3) is 8.18. The molecule has 0 radical (unpaired) electrons. The lowest BCUT2D eigenvalue weighted by atomic mass is 10.2. The first kappa shape index (κ1) is 28.9. The topological polar surface area (TPSA) is 248 Å². The molecule has 22 heteroatoms. The Kier molecular flexibility index (Phi) is 9.44. The zero-order valence-electron chi connectivity index (χ0n) is 18.0. The van der Waals surface area contributed by atoms with Gasteiger partial charge in [0.2, 0.25) is 0 Å². The van der Waals surface area contributed by atoms with Crippen LogP contribution < -0.4 is 5.73 Å². The maximum atomic E-state index is 12.1. The summed E-state index contributed by atoms with van der Waals surface area (Å²) in [5.41, 5.74) is 6.22. The quantitative estimate of drug-likeness (QED) is 0.133. The number of imidazole rings is 1.